The lowest BCUT2D eigenvalue weighted by atomic mass is 10.1. The zero-order chi connectivity index (χ0) is 21.8. The molecule has 0 spiro atoms. The van der Waals surface area contributed by atoms with Crippen molar-refractivity contribution in [1.82, 2.24) is 19.2 Å². The minimum Gasteiger partial charge on any atom is -0.353 e. The Balaban J connectivity index is 1.11. The number of carbonyl (C=O) groups excluding carboxylic acids is 1. The molecule has 0 unspecified atom stereocenters. The van der Waals surface area contributed by atoms with Gasteiger partial charge in [-0.1, -0.05) is 24.3 Å². The van der Waals surface area contributed by atoms with Crippen molar-refractivity contribution >= 4 is 39.0 Å². The van der Waals surface area contributed by atoms with Crippen molar-refractivity contribution in [3.05, 3.63) is 78.4 Å². The summed E-state index contributed by atoms with van der Waals surface area (Å²) in [7, 11) is 0. The van der Waals surface area contributed by atoms with Gasteiger partial charge in [-0.05, 0) is 47.8 Å². The maximum atomic E-state index is 12.2. The number of piperazine rings is 1. The van der Waals surface area contributed by atoms with Gasteiger partial charge in [0.05, 0.1) is 10.9 Å². The van der Waals surface area contributed by atoms with Crippen LogP contribution >= 0.6 is 11.5 Å². The SMILES string of the molecule is O=C(Nc1ccc(CCN2CCN(c3nsc4ccccc34)CC2)cc1)c1cnccn1. The molecule has 1 amide bonds. The monoisotopic (exact) mass is 444 g/mol. The standard InChI is InChI=1S/C24H24N6OS/c31-24(21-17-25-10-11-26-21)27-19-7-5-18(6-8-19)9-12-29-13-15-30(16-14-29)23-20-3-1-2-4-22(20)32-28-23/h1-8,10-11,17H,9,12-16H2,(H,27,31). The first-order valence-electron chi connectivity index (χ1n) is 10.7. The summed E-state index contributed by atoms with van der Waals surface area (Å²) in [5.74, 6) is 0.876. The quantitative estimate of drug-likeness (QED) is 0.489. The van der Waals surface area contributed by atoms with Crippen LogP contribution in [-0.2, 0) is 6.42 Å². The summed E-state index contributed by atoms with van der Waals surface area (Å²) in [5, 5.41) is 4.12. The maximum Gasteiger partial charge on any atom is 0.275 e. The molecule has 1 aliphatic heterocycles. The number of anilines is 2. The van der Waals surface area contributed by atoms with Crippen molar-refractivity contribution < 1.29 is 4.79 Å². The Morgan fingerprint density at radius 1 is 1.00 bits per heavy atom. The summed E-state index contributed by atoms with van der Waals surface area (Å²) in [6, 6.07) is 16.5. The van der Waals surface area contributed by atoms with Gasteiger partial charge in [-0.25, -0.2) is 4.98 Å². The van der Waals surface area contributed by atoms with Crippen LogP contribution in [-0.4, -0.2) is 57.9 Å². The van der Waals surface area contributed by atoms with E-state index in [1.807, 2.05) is 12.1 Å². The Labute approximate surface area is 190 Å². The summed E-state index contributed by atoms with van der Waals surface area (Å²) in [4.78, 5) is 25.1. The third kappa shape index (κ3) is 4.61. The van der Waals surface area contributed by atoms with Crippen LogP contribution in [0.2, 0.25) is 0 Å². The van der Waals surface area contributed by atoms with Crippen molar-refractivity contribution in [2.45, 2.75) is 6.42 Å². The second-order valence-electron chi connectivity index (χ2n) is 7.82. The number of rotatable bonds is 6. The molecule has 1 fully saturated rings. The molecule has 32 heavy (non-hydrogen) atoms. The van der Waals surface area contributed by atoms with Crippen LogP contribution in [0.3, 0.4) is 0 Å². The molecule has 0 atom stereocenters. The van der Waals surface area contributed by atoms with E-state index in [-0.39, 0.29) is 5.91 Å². The molecular weight excluding hydrogens is 420 g/mol. The Bertz CT molecular complexity index is 1190. The third-order valence-corrected chi connectivity index (χ3v) is 6.57. The number of hydrogen-bond donors (Lipinski definition) is 1. The number of hydrogen-bond acceptors (Lipinski definition) is 7. The van der Waals surface area contributed by atoms with Crippen LogP contribution in [0.1, 0.15) is 16.1 Å². The molecule has 0 saturated carbocycles. The lowest BCUT2D eigenvalue weighted by Gasteiger charge is -2.35. The van der Waals surface area contributed by atoms with E-state index in [0.717, 1.165) is 50.6 Å². The van der Waals surface area contributed by atoms with E-state index >= 15 is 0 Å². The zero-order valence-corrected chi connectivity index (χ0v) is 18.5. The number of benzene rings is 2. The summed E-state index contributed by atoms with van der Waals surface area (Å²) < 4.78 is 5.95. The van der Waals surface area contributed by atoms with Crippen LogP contribution in [0.15, 0.2) is 67.1 Å². The van der Waals surface area contributed by atoms with Crippen LogP contribution in [0.4, 0.5) is 11.5 Å². The predicted octanol–water partition coefficient (Wildman–Crippen LogP) is 3.70. The van der Waals surface area contributed by atoms with Gasteiger partial charge in [0.1, 0.15) is 11.5 Å². The first-order valence-corrected chi connectivity index (χ1v) is 11.5. The molecule has 1 saturated heterocycles. The molecule has 162 valence electrons. The Hall–Kier alpha value is -3.36. The van der Waals surface area contributed by atoms with E-state index in [4.69, 9.17) is 4.37 Å². The van der Waals surface area contributed by atoms with Gasteiger partial charge in [0.25, 0.3) is 5.91 Å². The van der Waals surface area contributed by atoms with Crippen molar-refractivity contribution in [3.63, 3.8) is 0 Å². The second-order valence-corrected chi connectivity index (χ2v) is 8.63. The van der Waals surface area contributed by atoms with E-state index < -0.39 is 0 Å². The average molecular weight is 445 g/mol. The van der Waals surface area contributed by atoms with Crippen molar-refractivity contribution in [2.75, 3.05) is 42.9 Å². The number of nitrogens with zero attached hydrogens (tertiary/aromatic N) is 5. The Morgan fingerprint density at radius 3 is 2.59 bits per heavy atom. The smallest absolute Gasteiger partial charge is 0.275 e. The highest BCUT2D eigenvalue weighted by atomic mass is 32.1. The topological polar surface area (TPSA) is 74.2 Å². The molecule has 1 aliphatic rings. The minimum absolute atomic E-state index is 0.253. The van der Waals surface area contributed by atoms with Crippen LogP contribution in [0, 0.1) is 0 Å². The van der Waals surface area contributed by atoms with E-state index in [1.165, 1.54) is 28.0 Å². The molecule has 4 aromatic rings. The molecule has 2 aromatic heterocycles. The van der Waals surface area contributed by atoms with E-state index in [1.54, 1.807) is 17.7 Å². The van der Waals surface area contributed by atoms with Gasteiger partial charge < -0.3 is 10.2 Å². The number of nitrogens with one attached hydrogen (secondary N) is 1. The van der Waals surface area contributed by atoms with Crippen molar-refractivity contribution in [2.24, 2.45) is 0 Å². The highest BCUT2D eigenvalue weighted by molar-refractivity contribution is 7.13. The molecular formula is C24H24N6OS. The van der Waals surface area contributed by atoms with Crippen LogP contribution in [0.5, 0.6) is 0 Å². The van der Waals surface area contributed by atoms with E-state index in [0.29, 0.717) is 5.69 Å². The third-order valence-electron chi connectivity index (χ3n) is 5.75. The molecule has 0 bridgehead atoms. The molecule has 2 aromatic carbocycles. The summed E-state index contributed by atoms with van der Waals surface area (Å²) in [6.07, 6.45) is 5.50. The maximum absolute atomic E-state index is 12.2. The number of fused-ring (bicyclic) bond motifs is 1. The van der Waals surface area contributed by atoms with Gasteiger partial charge in [0.2, 0.25) is 0 Å². The molecule has 0 radical (unpaired) electrons. The predicted molar refractivity (Wildman–Crippen MR) is 128 cm³/mol. The first kappa shape index (κ1) is 20.5. The van der Waals surface area contributed by atoms with Gasteiger partial charge in [-0.15, -0.1) is 0 Å². The van der Waals surface area contributed by atoms with Gasteiger partial charge in [-0.2, -0.15) is 4.37 Å². The van der Waals surface area contributed by atoms with Gasteiger partial charge in [0.15, 0.2) is 0 Å². The molecule has 8 heteroatoms. The highest BCUT2D eigenvalue weighted by Crippen LogP contribution is 2.29. The number of carbonyl (C=O) groups is 1. The number of aromatic nitrogens is 3. The number of amides is 1. The second kappa shape index (κ2) is 9.42. The van der Waals surface area contributed by atoms with Gasteiger partial charge >= 0.3 is 0 Å². The molecule has 5 rings (SSSR count). The van der Waals surface area contributed by atoms with E-state index in [9.17, 15) is 4.79 Å². The fourth-order valence-corrected chi connectivity index (χ4v) is 4.73. The van der Waals surface area contributed by atoms with Crippen molar-refractivity contribution in [1.29, 1.82) is 0 Å². The zero-order valence-electron chi connectivity index (χ0n) is 17.6. The minimum atomic E-state index is -0.253. The summed E-state index contributed by atoms with van der Waals surface area (Å²) in [6.45, 7) is 5.11. The Morgan fingerprint density at radius 2 is 1.81 bits per heavy atom. The fraction of sp³-hybridized carbons (Fsp3) is 0.250. The molecule has 3 heterocycles. The van der Waals surface area contributed by atoms with E-state index in [2.05, 4.69) is 61.5 Å². The van der Waals surface area contributed by atoms with Gasteiger partial charge in [0, 0.05) is 56.2 Å². The van der Waals surface area contributed by atoms with Crippen molar-refractivity contribution in [3.8, 4) is 0 Å². The largest absolute Gasteiger partial charge is 0.353 e. The average Bonchev–Trinajstić information content (AvgIpc) is 3.29. The van der Waals surface area contributed by atoms with Gasteiger partial charge in [-0.3, -0.25) is 14.7 Å². The fourth-order valence-electron chi connectivity index (χ4n) is 3.94. The molecule has 1 N–H and O–H groups in total. The lowest BCUT2D eigenvalue weighted by molar-refractivity contribution is 0.102. The molecule has 0 aliphatic carbocycles. The Kier molecular flexibility index (Phi) is 6.04. The lowest BCUT2D eigenvalue weighted by Crippen LogP contribution is -2.47. The highest BCUT2D eigenvalue weighted by Gasteiger charge is 2.20. The first-order chi connectivity index (χ1) is 15.8. The normalized spacial score (nSPS) is 14.6. The van der Waals surface area contributed by atoms with Crippen LogP contribution in [0.25, 0.3) is 10.1 Å². The summed E-state index contributed by atoms with van der Waals surface area (Å²) >= 11 is 1.58. The molecule has 7 nitrogen and oxygen atoms in total. The van der Waals surface area contributed by atoms with Crippen LogP contribution < -0.4 is 10.2 Å². The summed E-state index contributed by atoms with van der Waals surface area (Å²) in [5.41, 5.74) is 2.32.